The minimum Gasteiger partial charge on any atom is -0.465 e. The molecule has 12 heteroatoms. The fourth-order valence-electron chi connectivity index (χ4n) is 5.98. The first-order chi connectivity index (χ1) is 23.0. The number of amides is 2. The number of aryl methyl sites for hydroxylation is 1. The first-order valence-electron chi connectivity index (χ1n) is 15.3. The molecule has 2 amide bonds. The summed E-state index contributed by atoms with van der Waals surface area (Å²) in [6.07, 6.45) is 6.21. The van der Waals surface area contributed by atoms with Gasteiger partial charge in [0, 0.05) is 31.3 Å². The number of halogens is 2. The highest BCUT2D eigenvalue weighted by molar-refractivity contribution is 7.90. The zero-order valence-corrected chi connectivity index (χ0v) is 28.3. The summed E-state index contributed by atoms with van der Waals surface area (Å²) >= 11 is 13.5. The summed E-state index contributed by atoms with van der Waals surface area (Å²) < 4.78 is 35.4. The maximum absolute atomic E-state index is 13.8. The predicted octanol–water partition coefficient (Wildman–Crippen LogP) is 5.99. The second-order valence-electron chi connectivity index (χ2n) is 11.9. The molecule has 1 aromatic heterocycles. The van der Waals surface area contributed by atoms with Gasteiger partial charge in [0.25, 0.3) is 5.91 Å². The standard InChI is InChI=1S/C36H32Cl2N2O7S/c1-48(44,45)27-9-5-8-23(16-27)17-30(36(43)47-21-22-6-3-2-4-7-22)39-34(41)32-29(37)18-26-20-40(14-12-28(26)33(32)38)35(42)25-11-10-24-13-15-46-31(24)19-25/h2-9,13,15-16,18-19,30H,10-12,14,17,20-21H2,1H3,(H,39,41)/t30-/m0/s1. The normalized spacial score (nSPS) is 14.7. The molecule has 248 valence electrons. The lowest BCUT2D eigenvalue weighted by Crippen LogP contribution is -2.43. The van der Waals surface area contributed by atoms with Crippen LogP contribution in [0.15, 0.2) is 87.9 Å². The molecule has 9 nitrogen and oxygen atoms in total. The number of esters is 1. The molecule has 4 aromatic rings. The molecule has 0 fully saturated rings. The van der Waals surface area contributed by atoms with E-state index in [1.165, 1.54) is 12.1 Å². The molecule has 3 aromatic carbocycles. The van der Waals surface area contributed by atoms with E-state index < -0.39 is 27.8 Å². The van der Waals surface area contributed by atoms with Crippen LogP contribution in [-0.4, -0.2) is 49.9 Å². The van der Waals surface area contributed by atoms with Gasteiger partial charge < -0.3 is 19.4 Å². The Morgan fingerprint density at radius 3 is 2.50 bits per heavy atom. The van der Waals surface area contributed by atoms with E-state index in [4.69, 9.17) is 32.4 Å². The lowest BCUT2D eigenvalue weighted by molar-refractivity contribution is -0.147. The van der Waals surface area contributed by atoms with E-state index in [2.05, 4.69) is 5.32 Å². The Kier molecular flexibility index (Phi) is 9.78. The quantitative estimate of drug-likeness (QED) is 0.212. The maximum Gasteiger partial charge on any atom is 0.329 e. The van der Waals surface area contributed by atoms with Gasteiger partial charge in [-0.15, -0.1) is 0 Å². The zero-order chi connectivity index (χ0) is 34.0. The van der Waals surface area contributed by atoms with Gasteiger partial charge in [0.05, 0.1) is 26.8 Å². The topological polar surface area (TPSA) is 123 Å². The van der Waals surface area contributed by atoms with Gasteiger partial charge >= 0.3 is 5.97 Å². The minimum absolute atomic E-state index is 0.00273. The average molecular weight is 708 g/mol. The third kappa shape index (κ3) is 7.36. The van der Waals surface area contributed by atoms with Gasteiger partial charge in [-0.3, -0.25) is 9.59 Å². The van der Waals surface area contributed by atoms with E-state index in [0.29, 0.717) is 41.8 Å². The van der Waals surface area contributed by atoms with Crippen LogP contribution in [-0.2, 0) is 56.6 Å². The lowest BCUT2D eigenvalue weighted by Gasteiger charge is -2.31. The van der Waals surface area contributed by atoms with E-state index in [1.54, 1.807) is 47.6 Å². The second kappa shape index (κ2) is 14.0. The fraction of sp³-hybridized carbons (Fsp3) is 0.250. The summed E-state index contributed by atoms with van der Waals surface area (Å²) in [6.45, 7) is 0.634. The van der Waals surface area contributed by atoms with Crippen LogP contribution in [0.25, 0.3) is 6.08 Å². The van der Waals surface area contributed by atoms with Crippen LogP contribution in [0.2, 0.25) is 10.0 Å². The number of carbonyl (C=O) groups excluding carboxylic acids is 3. The first kappa shape index (κ1) is 33.5. The molecule has 0 saturated carbocycles. The molecule has 0 unspecified atom stereocenters. The zero-order valence-electron chi connectivity index (χ0n) is 26.0. The molecule has 2 aliphatic rings. The van der Waals surface area contributed by atoms with Crippen molar-refractivity contribution in [2.75, 3.05) is 12.8 Å². The van der Waals surface area contributed by atoms with E-state index in [-0.39, 0.29) is 46.0 Å². The van der Waals surface area contributed by atoms with Crippen molar-refractivity contribution in [3.05, 3.63) is 128 Å². The highest BCUT2D eigenvalue weighted by atomic mass is 35.5. The summed E-state index contributed by atoms with van der Waals surface area (Å²) in [5, 5.41) is 2.94. The Morgan fingerprint density at radius 1 is 0.958 bits per heavy atom. The number of hydrogen-bond acceptors (Lipinski definition) is 7. The van der Waals surface area contributed by atoms with Crippen molar-refractivity contribution in [3.63, 3.8) is 0 Å². The van der Waals surface area contributed by atoms with Crippen LogP contribution < -0.4 is 5.32 Å². The van der Waals surface area contributed by atoms with Gasteiger partial charge in [0.2, 0.25) is 5.91 Å². The van der Waals surface area contributed by atoms with Crippen LogP contribution in [0.5, 0.6) is 0 Å². The van der Waals surface area contributed by atoms with Crippen molar-refractivity contribution in [2.24, 2.45) is 0 Å². The number of nitrogens with zero attached hydrogens (tertiary/aromatic N) is 1. The van der Waals surface area contributed by atoms with Crippen LogP contribution >= 0.6 is 23.2 Å². The van der Waals surface area contributed by atoms with Gasteiger partial charge in [0.15, 0.2) is 9.84 Å². The summed E-state index contributed by atoms with van der Waals surface area (Å²) in [6, 6.07) is 17.6. The number of furan rings is 1. The largest absolute Gasteiger partial charge is 0.465 e. The molecule has 1 aliphatic carbocycles. The van der Waals surface area contributed by atoms with Crippen LogP contribution in [0.1, 0.15) is 50.4 Å². The van der Waals surface area contributed by atoms with E-state index >= 15 is 0 Å². The molecule has 0 saturated heterocycles. The van der Waals surface area contributed by atoms with Crippen molar-refractivity contribution in [1.29, 1.82) is 0 Å². The average Bonchev–Trinajstić information content (AvgIpc) is 3.55. The number of fused-ring (bicyclic) bond motifs is 2. The minimum atomic E-state index is -3.51. The van der Waals surface area contributed by atoms with Crippen molar-refractivity contribution in [1.82, 2.24) is 10.2 Å². The van der Waals surface area contributed by atoms with Gasteiger partial charge in [-0.25, -0.2) is 13.2 Å². The third-order valence-corrected chi connectivity index (χ3v) is 10.3. The number of ether oxygens (including phenoxy) is 1. The number of carbonyl (C=O) groups is 3. The Morgan fingerprint density at radius 2 is 1.73 bits per heavy atom. The van der Waals surface area contributed by atoms with Crippen molar-refractivity contribution in [2.45, 2.75) is 49.8 Å². The summed E-state index contributed by atoms with van der Waals surface area (Å²) in [5.74, 6) is -0.786. The maximum atomic E-state index is 13.8. The highest BCUT2D eigenvalue weighted by Crippen LogP contribution is 2.36. The number of benzene rings is 3. The smallest absolute Gasteiger partial charge is 0.329 e. The van der Waals surface area contributed by atoms with Gasteiger partial charge in [-0.05, 0) is 77.4 Å². The number of rotatable bonds is 9. The first-order valence-corrected chi connectivity index (χ1v) is 18.0. The monoisotopic (exact) mass is 706 g/mol. The molecule has 1 aliphatic heterocycles. The van der Waals surface area contributed by atoms with Gasteiger partial charge in [-0.2, -0.15) is 0 Å². The fourth-order valence-corrected chi connectivity index (χ4v) is 7.43. The highest BCUT2D eigenvalue weighted by Gasteiger charge is 2.31. The third-order valence-electron chi connectivity index (χ3n) is 8.52. The Balaban J connectivity index is 1.22. The molecule has 2 heterocycles. The summed E-state index contributed by atoms with van der Waals surface area (Å²) in [4.78, 5) is 42.4. The van der Waals surface area contributed by atoms with Gasteiger partial charge in [0.1, 0.15) is 18.4 Å². The Labute approximate surface area is 288 Å². The van der Waals surface area contributed by atoms with Gasteiger partial charge in [-0.1, -0.05) is 65.7 Å². The molecule has 0 spiro atoms. The predicted molar refractivity (Wildman–Crippen MR) is 181 cm³/mol. The molecule has 0 radical (unpaired) electrons. The molecule has 1 atom stereocenters. The SMILES string of the molecule is CS(=O)(=O)c1cccc(C[C@H](NC(=O)c2c(Cl)cc3c(c2Cl)CCN(C(=O)C2=Cc4occc4CC2)C3)C(=O)OCc2ccccc2)c1. The number of hydrogen-bond donors (Lipinski definition) is 1. The molecule has 6 rings (SSSR count). The van der Waals surface area contributed by atoms with Crippen molar-refractivity contribution >= 4 is 56.9 Å². The van der Waals surface area contributed by atoms with Crippen LogP contribution in [0.4, 0.5) is 0 Å². The van der Waals surface area contributed by atoms with E-state index in [9.17, 15) is 22.8 Å². The Bertz CT molecular complexity index is 2040. The van der Waals surface area contributed by atoms with Crippen molar-refractivity contribution < 1.29 is 32.0 Å². The molecular formula is C36H32Cl2N2O7S. The molecule has 48 heavy (non-hydrogen) atoms. The van der Waals surface area contributed by atoms with Crippen molar-refractivity contribution in [3.8, 4) is 0 Å². The van der Waals surface area contributed by atoms with E-state index in [0.717, 1.165) is 29.4 Å². The van der Waals surface area contributed by atoms with Crippen LogP contribution in [0.3, 0.4) is 0 Å². The molecular weight excluding hydrogens is 675 g/mol. The summed E-state index contributed by atoms with van der Waals surface area (Å²) in [7, 11) is -3.51. The molecule has 0 bridgehead atoms. The lowest BCUT2D eigenvalue weighted by atomic mass is 9.93. The Hall–Kier alpha value is -4.38. The number of sulfone groups is 1. The summed E-state index contributed by atoms with van der Waals surface area (Å²) in [5.41, 5.74) is 4.44. The van der Waals surface area contributed by atoms with E-state index in [1.807, 2.05) is 24.3 Å². The number of nitrogens with one attached hydrogen (secondary N) is 1. The van der Waals surface area contributed by atoms with Crippen LogP contribution in [0, 0.1) is 0 Å². The molecule has 1 N–H and O–H groups in total. The second-order valence-corrected chi connectivity index (χ2v) is 14.7.